The molecule has 1 aliphatic rings. The Balaban J connectivity index is 2.47. The monoisotopic (exact) mass is 331 g/mol. The zero-order valence-electron chi connectivity index (χ0n) is 10.0. The number of hydrogen-bond acceptors (Lipinski definition) is 5. The van der Waals surface area contributed by atoms with E-state index < -0.39 is 17.5 Å². The maximum absolute atomic E-state index is 12.0. The lowest BCUT2D eigenvalue weighted by molar-refractivity contribution is -0.0250. The second-order valence-corrected chi connectivity index (χ2v) is 4.74. The molecule has 0 spiro atoms. The van der Waals surface area contributed by atoms with Crippen molar-refractivity contribution in [2.24, 2.45) is 0 Å². The third kappa shape index (κ3) is 2.65. The molecule has 0 aliphatic carbocycles. The molecule has 1 aliphatic heterocycles. The van der Waals surface area contributed by atoms with Crippen molar-refractivity contribution in [3.05, 3.63) is 37.6 Å². The van der Waals surface area contributed by atoms with Crippen molar-refractivity contribution in [1.82, 2.24) is 9.24 Å². The number of aliphatic hydroxyl groups excluding tert-OH is 1. The Morgan fingerprint density at radius 2 is 2.26 bits per heavy atom. The predicted molar refractivity (Wildman–Crippen MR) is 73.3 cm³/mol. The number of halogens is 1. The molecule has 0 radical (unpaired) electrons. The fourth-order valence-electron chi connectivity index (χ4n) is 2.02. The number of nitrogens with zero attached hydrogens (tertiary/aromatic N) is 2. The molecule has 104 valence electrons. The average Bonchev–Trinajstić information content (AvgIpc) is 2.88. The quantitative estimate of drug-likeness (QED) is 0.744. The van der Waals surface area contributed by atoms with E-state index in [1.54, 1.807) is 0 Å². The molecule has 1 fully saturated rings. The van der Waals surface area contributed by atoms with E-state index in [4.69, 9.17) is 15.7 Å². The number of nitrogens with two attached hydrogens (primary N) is 1. The van der Waals surface area contributed by atoms with Gasteiger partial charge in [-0.15, -0.1) is 0 Å². The summed E-state index contributed by atoms with van der Waals surface area (Å²) in [7, 11) is 0. The van der Waals surface area contributed by atoms with Crippen LogP contribution in [0, 0.1) is 0 Å². The van der Waals surface area contributed by atoms with Gasteiger partial charge in [-0.1, -0.05) is 15.9 Å². The summed E-state index contributed by atoms with van der Waals surface area (Å²) in [6.45, 7) is -0.0956. The van der Waals surface area contributed by atoms with Crippen LogP contribution in [-0.2, 0) is 4.74 Å². The first-order valence-electron chi connectivity index (χ1n) is 5.74. The van der Waals surface area contributed by atoms with Crippen molar-refractivity contribution in [1.29, 1.82) is 0 Å². The van der Waals surface area contributed by atoms with E-state index in [2.05, 4.69) is 15.9 Å². The molecule has 7 nitrogen and oxygen atoms in total. The number of aromatic nitrogens is 2. The zero-order chi connectivity index (χ0) is 14.0. The highest BCUT2D eigenvalue weighted by Gasteiger charge is 2.27. The predicted octanol–water partition coefficient (Wildman–Crippen LogP) is -0.241. The Morgan fingerprint density at radius 1 is 1.53 bits per heavy atom. The molecular formula is C11H14BrN3O4. The third-order valence-corrected chi connectivity index (χ3v) is 3.28. The second-order valence-electron chi connectivity index (χ2n) is 4.21. The maximum Gasteiger partial charge on any atom is 0.351 e. The van der Waals surface area contributed by atoms with E-state index >= 15 is 0 Å². The summed E-state index contributed by atoms with van der Waals surface area (Å²) in [6, 6.07) is 0. The van der Waals surface area contributed by atoms with Crippen LogP contribution in [0.4, 0.5) is 0 Å². The molecule has 2 atom stereocenters. The molecule has 3 N–H and O–H groups in total. The lowest BCUT2D eigenvalue weighted by Crippen LogP contribution is -2.46. The second kappa shape index (κ2) is 5.72. The van der Waals surface area contributed by atoms with Crippen molar-refractivity contribution in [2.75, 3.05) is 12.4 Å². The standard InChI is InChI=1S/C11H14BrN3O4/c12-4-3-7-5-14(11(18)15(13)10(7)17)9-2-1-8(6-16)19-9/h3-5,8-9,16H,1-2,6,13H2/b4-3+/t8-,9+/m0/s1. The minimum Gasteiger partial charge on any atom is -0.394 e. The molecule has 1 aromatic rings. The van der Waals surface area contributed by atoms with E-state index in [9.17, 15) is 9.59 Å². The average molecular weight is 332 g/mol. The topological polar surface area (TPSA) is 99.5 Å². The Kier molecular flexibility index (Phi) is 4.23. The molecule has 0 bridgehead atoms. The van der Waals surface area contributed by atoms with Crippen molar-refractivity contribution in [3.8, 4) is 0 Å². The SMILES string of the molecule is Nn1c(=O)c(/C=C/Br)cn([C@H]2CC[C@@H](CO)O2)c1=O. The van der Waals surface area contributed by atoms with E-state index in [1.807, 2.05) is 0 Å². The molecular weight excluding hydrogens is 318 g/mol. The van der Waals surface area contributed by atoms with Crippen LogP contribution in [0.5, 0.6) is 0 Å². The van der Waals surface area contributed by atoms with Crippen LogP contribution >= 0.6 is 15.9 Å². The first-order valence-corrected chi connectivity index (χ1v) is 6.66. The molecule has 2 rings (SSSR count). The Labute approximate surface area is 117 Å². The van der Waals surface area contributed by atoms with Gasteiger partial charge in [0.2, 0.25) is 0 Å². The summed E-state index contributed by atoms with van der Waals surface area (Å²) in [5.41, 5.74) is -0.941. The van der Waals surface area contributed by atoms with Gasteiger partial charge in [-0.3, -0.25) is 9.36 Å². The fraction of sp³-hybridized carbons (Fsp3) is 0.455. The van der Waals surface area contributed by atoms with Crippen LogP contribution in [-0.4, -0.2) is 27.1 Å². The van der Waals surface area contributed by atoms with Crippen molar-refractivity contribution < 1.29 is 9.84 Å². The third-order valence-electron chi connectivity index (χ3n) is 3.01. The molecule has 8 heteroatoms. The van der Waals surface area contributed by atoms with Gasteiger partial charge in [0.25, 0.3) is 5.56 Å². The van der Waals surface area contributed by atoms with Gasteiger partial charge in [0.15, 0.2) is 0 Å². The molecule has 0 amide bonds. The van der Waals surface area contributed by atoms with Gasteiger partial charge in [0.05, 0.1) is 18.3 Å². The first-order chi connectivity index (χ1) is 9.08. The highest BCUT2D eigenvalue weighted by atomic mass is 79.9. The highest BCUT2D eigenvalue weighted by Crippen LogP contribution is 2.26. The van der Waals surface area contributed by atoms with Crippen LogP contribution in [0.15, 0.2) is 20.8 Å². The van der Waals surface area contributed by atoms with Gasteiger partial charge >= 0.3 is 5.69 Å². The largest absolute Gasteiger partial charge is 0.394 e. The minimum absolute atomic E-state index is 0.0956. The molecule has 19 heavy (non-hydrogen) atoms. The molecule has 0 unspecified atom stereocenters. The number of nitrogen functional groups attached to an aromatic ring is 1. The van der Waals surface area contributed by atoms with Crippen LogP contribution in [0.1, 0.15) is 24.6 Å². The minimum atomic E-state index is -0.639. The molecule has 0 aromatic carbocycles. The van der Waals surface area contributed by atoms with Crippen LogP contribution < -0.4 is 17.1 Å². The van der Waals surface area contributed by atoms with E-state index in [0.29, 0.717) is 17.5 Å². The van der Waals surface area contributed by atoms with Crippen LogP contribution in [0.3, 0.4) is 0 Å². The van der Waals surface area contributed by atoms with Gasteiger partial charge < -0.3 is 15.7 Å². The zero-order valence-corrected chi connectivity index (χ0v) is 11.6. The summed E-state index contributed by atoms with van der Waals surface area (Å²) in [6.07, 6.45) is 3.35. The molecule has 0 saturated carbocycles. The number of rotatable bonds is 3. The summed E-state index contributed by atoms with van der Waals surface area (Å²) in [4.78, 5) is 25.2. The molecule has 1 saturated heterocycles. The van der Waals surface area contributed by atoms with E-state index in [1.165, 1.54) is 21.8 Å². The van der Waals surface area contributed by atoms with Crippen molar-refractivity contribution >= 4 is 22.0 Å². The summed E-state index contributed by atoms with van der Waals surface area (Å²) >= 11 is 3.07. The number of hydrogen-bond donors (Lipinski definition) is 2. The van der Waals surface area contributed by atoms with E-state index in [0.717, 1.165) is 0 Å². The van der Waals surface area contributed by atoms with Crippen LogP contribution in [0.2, 0.25) is 0 Å². The number of aliphatic hydroxyl groups is 1. The smallest absolute Gasteiger partial charge is 0.351 e. The Morgan fingerprint density at radius 3 is 2.84 bits per heavy atom. The Hall–Kier alpha value is -1.38. The highest BCUT2D eigenvalue weighted by molar-refractivity contribution is 9.11. The Bertz CT molecular complexity index is 607. The van der Waals surface area contributed by atoms with E-state index in [-0.39, 0.29) is 18.3 Å². The van der Waals surface area contributed by atoms with Gasteiger partial charge in [0, 0.05) is 6.20 Å². The molecule has 2 heterocycles. The summed E-state index contributed by atoms with van der Waals surface area (Å²) in [5.74, 6) is 5.47. The lowest BCUT2D eigenvalue weighted by Gasteiger charge is -2.16. The summed E-state index contributed by atoms with van der Waals surface area (Å²) < 4.78 is 7.34. The van der Waals surface area contributed by atoms with Gasteiger partial charge in [-0.2, -0.15) is 4.68 Å². The lowest BCUT2D eigenvalue weighted by atomic mass is 10.2. The number of ether oxygens (including phenoxy) is 1. The molecule has 1 aromatic heterocycles. The first kappa shape index (κ1) is 14.0. The van der Waals surface area contributed by atoms with Gasteiger partial charge in [0.1, 0.15) is 6.23 Å². The van der Waals surface area contributed by atoms with Gasteiger partial charge in [-0.25, -0.2) is 4.79 Å². The van der Waals surface area contributed by atoms with Crippen LogP contribution in [0.25, 0.3) is 6.08 Å². The van der Waals surface area contributed by atoms with Crippen molar-refractivity contribution in [2.45, 2.75) is 25.2 Å². The van der Waals surface area contributed by atoms with Gasteiger partial charge in [-0.05, 0) is 23.9 Å². The normalized spacial score (nSPS) is 23.3. The fourth-order valence-corrected chi connectivity index (χ4v) is 2.31. The maximum atomic E-state index is 12.0. The van der Waals surface area contributed by atoms with Crippen molar-refractivity contribution in [3.63, 3.8) is 0 Å². The summed E-state index contributed by atoms with van der Waals surface area (Å²) in [5, 5.41) is 9.03.